The van der Waals surface area contributed by atoms with Gasteiger partial charge in [0.1, 0.15) is 6.04 Å². The van der Waals surface area contributed by atoms with Gasteiger partial charge in [0.15, 0.2) is 17.3 Å². The Morgan fingerprint density at radius 2 is 1.75 bits per heavy atom. The van der Waals surface area contributed by atoms with Gasteiger partial charge in [-0.3, -0.25) is 9.69 Å². The molecule has 2 aromatic heterocycles. The third-order valence-electron chi connectivity index (χ3n) is 6.23. The summed E-state index contributed by atoms with van der Waals surface area (Å²) in [6, 6.07) is 5.25. The molecule has 1 fully saturated rings. The summed E-state index contributed by atoms with van der Waals surface area (Å²) in [5.41, 5.74) is 0.842. The summed E-state index contributed by atoms with van der Waals surface area (Å²) in [6.07, 6.45) is 2.15. The lowest BCUT2D eigenvalue weighted by Crippen LogP contribution is -2.41. The molecule has 3 heterocycles. The lowest BCUT2D eigenvalue weighted by Gasteiger charge is -2.36. The highest BCUT2D eigenvalue weighted by Crippen LogP contribution is 2.35. The maximum Gasteiger partial charge on any atom is 0.253 e. The summed E-state index contributed by atoms with van der Waals surface area (Å²) < 4.78 is 12.7. The van der Waals surface area contributed by atoms with Crippen LogP contribution < -0.4 is 15.0 Å². The van der Waals surface area contributed by atoms with Crippen molar-refractivity contribution in [2.24, 2.45) is 5.92 Å². The summed E-state index contributed by atoms with van der Waals surface area (Å²) in [7, 11) is 3.18. The van der Waals surface area contributed by atoms with Gasteiger partial charge in [0.05, 0.1) is 25.3 Å². The summed E-state index contributed by atoms with van der Waals surface area (Å²) in [6.45, 7) is 10.2. The number of benzene rings is 1. The minimum Gasteiger partial charge on any atom is -0.493 e. The summed E-state index contributed by atoms with van der Waals surface area (Å²) in [4.78, 5) is 18.7. The van der Waals surface area contributed by atoms with E-state index in [4.69, 9.17) is 9.47 Å². The minimum absolute atomic E-state index is 0.156. The number of hydrogen-bond donors (Lipinski definition) is 1. The second kappa shape index (κ2) is 8.54. The van der Waals surface area contributed by atoms with E-state index in [1.807, 2.05) is 16.8 Å². The van der Waals surface area contributed by atoms with E-state index < -0.39 is 0 Å². The van der Waals surface area contributed by atoms with Gasteiger partial charge < -0.3 is 14.5 Å². The molecule has 1 atom stereocenters. The molecule has 9 heteroatoms. The van der Waals surface area contributed by atoms with Crippen LogP contribution in [-0.4, -0.2) is 57.4 Å². The summed E-state index contributed by atoms with van der Waals surface area (Å²) >= 11 is 0. The number of H-pyrrole nitrogens is 1. The van der Waals surface area contributed by atoms with Gasteiger partial charge in [0.2, 0.25) is 0 Å². The van der Waals surface area contributed by atoms with Crippen LogP contribution in [0, 0.1) is 5.92 Å². The number of nitrogens with zero attached hydrogens (tertiary/aromatic N) is 5. The smallest absolute Gasteiger partial charge is 0.253 e. The number of methoxy groups -OCH3 is 2. The van der Waals surface area contributed by atoms with Crippen molar-refractivity contribution < 1.29 is 9.47 Å². The van der Waals surface area contributed by atoms with Gasteiger partial charge in [-0.2, -0.15) is 0 Å². The van der Waals surface area contributed by atoms with Crippen molar-refractivity contribution in [1.29, 1.82) is 0 Å². The highest BCUT2D eigenvalue weighted by atomic mass is 16.5. The monoisotopic (exact) mass is 440 g/mol. The molecule has 9 nitrogen and oxygen atoms in total. The van der Waals surface area contributed by atoms with E-state index in [-0.39, 0.29) is 17.1 Å². The summed E-state index contributed by atoms with van der Waals surface area (Å²) in [5, 5.41) is 13.5. The van der Waals surface area contributed by atoms with Crippen molar-refractivity contribution in [3.8, 4) is 11.5 Å². The predicted molar refractivity (Wildman–Crippen MR) is 122 cm³/mol. The molecule has 1 aliphatic heterocycles. The SMILES string of the molecule is COc1cc2cc([C@H](c3nnnn3C(C)(C)C)N3CCC(C)CC3)c(=O)[nH]c2cc1OC. The molecule has 32 heavy (non-hydrogen) atoms. The molecule has 1 saturated heterocycles. The number of hydrogen-bond acceptors (Lipinski definition) is 7. The van der Waals surface area contributed by atoms with Crippen LogP contribution >= 0.6 is 0 Å². The van der Waals surface area contributed by atoms with Crippen molar-refractivity contribution >= 4 is 10.9 Å². The second-order valence-corrected chi connectivity index (χ2v) is 9.59. The first kappa shape index (κ1) is 22.3. The molecule has 0 aliphatic carbocycles. The lowest BCUT2D eigenvalue weighted by molar-refractivity contribution is 0.144. The molecule has 0 bridgehead atoms. The Morgan fingerprint density at radius 1 is 1.09 bits per heavy atom. The Kier molecular flexibility index (Phi) is 5.94. The third kappa shape index (κ3) is 4.09. The number of fused-ring (bicyclic) bond motifs is 1. The van der Waals surface area contributed by atoms with E-state index in [9.17, 15) is 4.79 Å². The number of likely N-dealkylation sites (tertiary alicyclic amines) is 1. The number of nitrogens with one attached hydrogen (secondary N) is 1. The Hall–Kier alpha value is -2.94. The van der Waals surface area contributed by atoms with Gasteiger partial charge in [-0.1, -0.05) is 6.92 Å². The van der Waals surface area contributed by atoms with Crippen molar-refractivity contribution in [1.82, 2.24) is 30.1 Å². The highest BCUT2D eigenvalue weighted by molar-refractivity contribution is 5.83. The topological polar surface area (TPSA) is 98.2 Å². The lowest BCUT2D eigenvalue weighted by atomic mass is 9.95. The molecule has 1 aromatic carbocycles. The number of aromatic nitrogens is 5. The quantitative estimate of drug-likeness (QED) is 0.651. The van der Waals surface area contributed by atoms with Gasteiger partial charge in [-0.25, -0.2) is 4.68 Å². The minimum atomic E-state index is -0.349. The van der Waals surface area contributed by atoms with Gasteiger partial charge in [-0.05, 0) is 75.2 Å². The Morgan fingerprint density at radius 3 is 2.38 bits per heavy atom. The maximum absolute atomic E-state index is 13.4. The molecule has 0 radical (unpaired) electrons. The summed E-state index contributed by atoms with van der Waals surface area (Å²) in [5.74, 6) is 2.53. The molecule has 172 valence electrons. The van der Waals surface area contributed by atoms with Gasteiger partial charge in [-0.15, -0.1) is 5.10 Å². The third-order valence-corrected chi connectivity index (χ3v) is 6.23. The molecule has 0 unspecified atom stereocenters. The van der Waals surface area contributed by atoms with Crippen molar-refractivity contribution in [3.63, 3.8) is 0 Å². The predicted octanol–water partition coefficient (Wildman–Crippen LogP) is 3.11. The zero-order valence-corrected chi connectivity index (χ0v) is 19.7. The molecule has 0 amide bonds. The number of rotatable bonds is 5. The van der Waals surface area contributed by atoms with Gasteiger partial charge >= 0.3 is 0 Å². The Bertz CT molecular complexity index is 1150. The molecule has 0 spiro atoms. The average Bonchev–Trinajstić information content (AvgIpc) is 3.25. The average molecular weight is 441 g/mol. The molecule has 1 aliphatic rings. The van der Waals surface area contributed by atoms with Crippen LogP contribution in [0.5, 0.6) is 11.5 Å². The first-order valence-corrected chi connectivity index (χ1v) is 11.0. The fraction of sp³-hybridized carbons (Fsp3) is 0.565. The Balaban J connectivity index is 1.90. The number of aromatic amines is 1. The Labute approximate surface area is 187 Å². The number of piperidine rings is 1. The number of ether oxygens (including phenoxy) is 2. The molecule has 3 aromatic rings. The largest absolute Gasteiger partial charge is 0.493 e. The van der Waals surface area contributed by atoms with Crippen LogP contribution in [-0.2, 0) is 5.54 Å². The van der Waals surface area contributed by atoms with Gasteiger partial charge in [0, 0.05) is 17.0 Å². The first-order chi connectivity index (χ1) is 15.2. The molecular weight excluding hydrogens is 408 g/mol. The number of pyridine rings is 1. The van der Waals surface area contributed by atoms with E-state index in [1.165, 1.54) is 0 Å². The second-order valence-electron chi connectivity index (χ2n) is 9.59. The van der Waals surface area contributed by atoms with Crippen LogP contribution in [0.25, 0.3) is 10.9 Å². The molecule has 4 rings (SSSR count). The van der Waals surface area contributed by atoms with Crippen LogP contribution in [0.4, 0.5) is 0 Å². The van der Waals surface area contributed by atoms with E-state index in [1.54, 1.807) is 20.3 Å². The fourth-order valence-corrected chi connectivity index (χ4v) is 4.38. The molecule has 0 saturated carbocycles. The van der Waals surface area contributed by atoms with E-state index in [0.717, 1.165) is 31.3 Å². The zero-order chi connectivity index (χ0) is 23.0. The van der Waals surface area contributed by atoms with Crippen molar-refractivity contribution in [2.75, 3.05) is 27.3 Å². The maximum atomic E-state index is 13.4. The first-order valence-electron chi connectivity index (χ1n) is 11.0. The van der Waals surface area contributed by atoms with E-state index in [2.05, 4.69) is 53.1 Å². The van der Waals surface area contributed by atoms with Crippen molar-refractivity contribution in [3.05, 3.63) is 39.9 Å². The molecule has 1 N–H and O–H groups in total. The number of tetrazole rings is 1. The van der Waals surface area contributed by atoms with Gasteiger partial charge in [0.25, 0.3) is 5.56 Å². The normalized spacial score (nSPS) is 16.9. The van der Waals surface area contributed by atoms with E-state index in [0.29, 0.717) is 34.3 Å². The standard InChI is InChI=1S/C23H32N6O3/c1-14-7-9-28(10-8-14)20(21-25-26-27-29(21)23(2,3)4)16-11-15-12-18(31-5)19(32-6)13-17(15)24-22(16)30/h11-14,20H,7-10H2,1-6H3,(H,24,30)/t20-/m1/s1. The van der Waals surface area contributed by atoms with Crippen LogP contribution in [0.1, 0.15) is 58.0 Å². The van der Waals surface area contributed by atoms with Crippen LogP contribution in [0.3, 0.4) is 0 Å². The fourth-order valence-electron chi connectivity index (χ4n) is 4.38. The zero-order valence-electron chi connectivity index (χ0n) is 19.7. The van der Waals surface area contributed by atoms with Crippen LogP contribution in [0.2, 0.25) is 0 Å². The van der Waals surface area contributed by atoms with Crippen LogP contribution in [0.15, 0.2) is 23.0 Å². The highest BCUT2D eigenvalue weighted by Gasteiger charge is 2.34. The van der Waals surface area contributed by atoms with E-state index >= 15 is 0 Å². The molecular formula is C23H32N6O3. The van der Waals surface area contributed by atoms with Crippen molar-refractivity contribution in [2.45, 2.75) is 52.1 Å².